The maximum Gasteiger partial charge on any atom is 0.124 e. The Bertz CT molecular complexity index is 297. The summed E-state index contributed by atoms with van der Waals surface area (Å²) in [5.74, 6) is 0.813. The first-order valence-electron chi connectivity index (χ1n) is 5.26. The molecule has 0 spiro atoms. The molecular formula is C12H19NO2. The average molecular weight is 209 g/mol. The molecular weight excluding hydrogens is 190 g/mol. The summed E-state index contributed by atoms with van der Waals surface area (Å²) in [6.07, 6.45) is 0.306. The molecule has 15 heavy (non-hydrogen) atoms. The van der Waals surface area contributed by atoms with Crippen LogP contribution in [0.15, 0.2) is 24.3 Å². The van der Waals surface area contributed by atoms with Crippen LogP contribution < -0.4 is 10.5 Å². The third-order valence-electron chi connectivity index (χ3n) is 2.20. The van der Waals surface area contributed by atoms with Crippen molar-refractivity contribution in [1.82, 2.24) is 0 Å². The molecule has 0 saturated heterocycles. The van der Waals surface area contributed by atoms with Gasteiger partial charge in [0, 0.05) is 18.0 Å². The van der Waals surface area contributed by atoms with E-state index in [1.54, 1.807) is 6.92 Å². The average Bonchev–Trinajstić information content (AvgIpc) is 2.17. The number of nitrogens with two attached hydrogens (primary N) is 1. The van der Waals surface area contributed by atoms with Crippen molar-refractivity contribution in [2.24, 2.45) is 5.73 Å². The molecule has 0 fully saturated rings. The molecule has 1 aromatic carbocycles. The van der Waals surface area contributed by atoms with Crippen molar-refractivity contribution in [1.29, 1.82) is 0 Å². The second kappa shape index (κ2) is 5.73. The lowest BCUT2D eigenvalue weighted by atomic mass is 10.1. The zero-order valence-corrected chi connectivity index (χ0v) is 9.31. The van der Waals surface area contributed by atoms with Crippen LogP contribution in [0.1, 0.15) is 31.9 Å². The van der Waals surface area contributed by atoms with Crippen LogP contribution in [0.2, 0.25) is 0 Å². The van der Waals surface area contributed by atoms with Crippen LogP contribution in [0.5, 0.6) is 5.75 Å². The lowest BCUT2D eigenvalue weighted by molar-refractivity contribution is 0.155. The van der Waals surface area contributed by atoms with Gasteiger partial charge in [-0.2, -0.15) is 0 Å². The predicted molar refractivity (Wildman–Crippen MR) is 60.8 cm³/mol. The van der Waals surface area contributed by atoms with Crippen molar-refractivity contribution in [3.63, 3.8) is 0 Å². The summed E-state index contributed by atoms with van der Waals surface area (Å²) in [6.45, 7) is 4.19. The Morgan fingerprint density at radius 2 is 2.00 bits per heavy atom. The summed E-state index contributed by atoms with van der Waals surface area (Å²) in [4.78, 5) is 0. The minimum Gasteiger partial charge on any atom is -0.493 e. The molecule has 2 atom stereocenters. The van der Waals surface area contributed by atoms with Crippen LogP contribution in [-0.4, -0.2) is 17.8 Å². The number of rotatable bonds is 5. The molecule has 0 amide bonds. The highest BCUT2D eigenvalue weighted by Crippen LogP contribution is 2.23. The van der Waals surface area contributed by atoms with Gasteiger partial charge in [-0.05, 0) is 19.9 Å². The number of aliphatic hydroxyl groups is 1. The summed E-state index contributed by atoms with van der Waals surface area (Å²) < 4.78 is 5.57. The predicted octanol–water partition coefficient (Wildman–Crippen LogP) is 1.86. The van der Waals surface area contributed by atoms with Crippen LogP contribution in [0.3, 0.4) is 0 Å². The summed E-state index contributed by atoms with van der Waals surface area (Å²) in [5.41, 5.74) is 6.82. The van der Waals surface area contributed by atoms with Crippen molar-refractivity contribution < 1.29 is 9.84 Å². The molecule has 3 N–H and O–H groups in total. The monoisotopic (exact) mass is 209 g/mol. The van der Waals surface area contributed by atoms with E-state index >= 15 is 0 Å². The smallest absolute Gasteiger partial charge is 0.124 e. The van der Waals surface area contributed by atoms with Gasteiger partial charge >= 0.3 is 0 Å². The van der Waals surface area contributed by atoms with E-state index < -0.39 is 0 Å². The van der Waals surface area contributed by atoms with Crippen molar-refractivity contribution in [2.75, 3.05) is 6.61 Å². The molecule has 0 bridgehead atoms. The Kier molecular flexibility index (Phi) is 4.59. The van der Waals surface area contributed by atoms with E-state index in [9.17, 15) is 0 Å². The number of hydrogen-bond donors (Lipinski definition) is 2. The standard InChI is InChI=1S/C12H19NO2/c1-9(14)7-8-15-12-6-4-3-5-11(12)10(2)13/h3-6,9-10,14H,7-8,13H2,1-2H3. The van der Waals surface area contributed by atoms with Gasteiger partial charge in [-0.3, -0.25) is 0 Å². The Hall–Kier alpha value is -1.06. The van der Waals surface area contributed by atoms with Gasteiger partial charge in [-0.1, -0.05) is 18.2 Å². The second-order valence-electron chi connectivity index (χ2n) is 3.81. The van der Waals surface area contributed by atoms with E-state index in [-0.39, 0.29) is 12.1 Å². The third kappa shape index (κ3) is 3.90. The molecule has 0 radical (unpaired) electrons. The largest absolute Gasteiger partial charge is 0.493 e. The molecule has 84 valence electrons. The Balaban J connectivity index is 2.59. The maximum atomic E-state index is 9.10. The topological polar surface area (TPSA) is 55.5 Å². The molecule has 0 aliphatic carbocycles. The number of hydrogen-bond acceptors (Lipinski definition) is 3. The highest BCUT2D eigenvalue weighted by atomic mass is 16.5. The molecule has 2 unspecified atom stereocenters. The number of benzene rings is 1. The SMILES string of the molecule is CC(O)CCOc1ccccc1C(C)N. The zero-order chi connectivity index (χ0) is 11.3. The van der Waals surface area contributed by atoms with Gasteiger partial charge in [0.2, 0.25) is 0 Å². The first-order valence-corrected chi connectivity index (χ1v) is 5.26. The Morgan fingerprint density at radius 1 is 1.33 bits per heavy atom. The van der Waals surface area contributed by atoms with E-state index in [1.165, 1.54) is 0 Å². The van der Waals surface area contributed by atoms with Crippen LogP contribution in [-0.2, 0) is 0 Å². The maximum absolute atomic E-state index is 9.10. The molecule has 1 rings (SSSR count). The van der Waals surface area contributed by atoms with E-state index in [0.717, 1.165) is 11.3 Å². The van der Waals surface area contributed by atoms with E-state index in [4.69, 9.17) is 15.6 Å². The minimum atomic E-state index is -0.326. The van der Waals surface area contributed by atoms with Gasteiger partial charge in [0.15, 0.2) is 0 Å². The summed E-state index contributed by atoms with van der Waals surface area (Å²) in [7, 11) is 0. The fraction of sp³-hybridized carbons (Fsp3) is 0.500. The highest BCUT2D eigenvalue weighted by Gasteiger charge is 2.07. The van der Waals surface area contributed by atoms with E-state index in [1.807, 2.05) is 31.2 Å². The first kappa shape index (κ1) is 12.0. The van der Waals surface area contributed by atoms with Crippen LogP contribution in [0, 0.1) is 0 Å². The van der Waals surface area contributed by atoms with E-state index in [2.05, 4.69) is 0 Å². The molecule has 0 aliphatic heterocycles. The first-order chi connectivity index (χ1) is 7.11. The molecule has 1 aromatic rings. The summed E-state index contributed by atoms with van der Waals surface area (Å²) in [6, 6.07) is 7.69. The number of aliphatic hydroxyl groups excluding tert-OH is 1. The molecule has 0 heterocycles. The zero-order valence-electron chi connectivity index (χ0n) is 9.31. The molecule has 0 saturated carbocycles. The van der Waals surface area contributed by atoms with Crippen molar-refractivity contribution in [3.05, 3.63) is 29.8 Å². The molecule has 3 nitrogen and oxygen atoms in total. The second-order valence-corrected chi connectivity index (χ2v) is 3.81. The van der Waals surface area contributed by atoms with Gasteiger partial charge in [-0.25, -0.2) is 0 Å². The Labute approximate surface area is 90.9 Å². The minimum absolute atomic E-state index is 0.0345. The van der Waals surface area contributed by atoms with Gasteiger partial charge in [0.25, 0.3) is 0 Å². The molecule has 0 aliphatic rings. The van der Waals surface area contributed by atoms with Gasteiger partial charge < -0.3 is 15.6 Å². The lowest BCUT2D eigenvalue weighted by Crippen LogP contribution is -2.11. The normalized spacial score (nSPS) is 14.7. The number of para-hydroxylation sites is 1. The summed E-state index contributed by atoms with van der Waals surface area (Å²) in [5, 5.41) is 9.10. The molecule has 0 aromatic heterocycles. The van der Waals surface area contributed by atoms with Crippen molar-refractivity contribution in [3.8, 4) is 5.75 Å². The quantitative estimate of drug-likeness (QED) is 0.778. The third-order valence-corrected chi connectivity index (χ3v) is 2.20. The number of ether oxygens (including phenoxy) is 1. The lowest BCUT2D eigenvalue weighted by Gasteiger charge is -2.14. The van der Waals surface area contributed by atoms with Crippen molar-refractivity contribution >= 4 is 0 Å². The van der Waals surface area contributed by atoms with Crippen molar-refractivity contribution in [2.45, 2.75) is 32.4 Å². The fourth-order valence-corrected chi connectivity index (χ4v) is 1.33. The van der Waals surface area contributed by atoms with Crippen LogP contribution in [0.25, 0.3) is 0 Å². The molecule has 3 heteroatoms. The van der Waals surface area contributed by atoms with Crippen LogP contribution in [0.4, 0.5) is 0 Å². The highest BCUT2D eigenvalue weighted by molar-refractivity contribution is 5.35. The van der Waals surface area contributed by atoms with Crippen LogP contribution >= 0.6 is 0 Å². The Morgan fingerprint density at radius 3 is 2.60 bits per heavy atom. The summed E-state index contributed by atoms with van der Waals surface area (Å²) >= 11 is 0. The van der Waals surface area contributed by atoms with E-state index in [0.29, 0.717) is 13.0 Å². The van der Waals surface area contributed by atoms with Gasteiger partial charge in [0.1, 0.15) is 5.75 Å². The van der Waals surface area contributed by atoms with Gasteiger partial charge in [-0.15, -0.1) is 0 Å². The fourth-order valence-electron chi connectivity index (χ4n) is 1.33. The van der Waals surface area contributed by atoms with Gasteiger partial charge in [0.05, 0.1) is 12.7 Å².